The van der Waals surface area contributed by atoms with E-state index < -0.39 is 76.9 Å². The van der Waals surface area contributed by atoms with E-state index in [9.17, 15) is 38.1 Å². The van der Waals surface area contributed by atoms with Gasteiger partial charge in [0.25, 0.3) is 21.9 Å². The summed E-state index contributed by atoms with van der Waals surface area (Å²) in [6.45, 7) is -0.651. The highest BCUT2D eigenvalue weighted by atomic mass is 32.2. The summed E-state index contributed by atoms with van der Waals surface area (Å²) in [6, 6.07) is 0. The number of ether oxygens (including phenoxy) is 4. The van der Waals surface area contributed by atoms with E-state index in [1.54, 1.807) is 0 Å². The molecule has 0 aliphatic carbocycles. The van der Waals surface area contributed by atoms with Crippen LogP contribution >= 0.6 is 0 Å². The Kier molecular flexibility index (Phi) is 10.7. The zero-order valence-corrected chi connectivity index (χ0v) is 18.6. The number of carbonyl (C=O) groups is 3. The molecule has 34 heavy (non-hydrogen) atoms. The number of imide groups is 1. The predicted molar refractivity (Wildman–Crippen MR) is 104 cm³/mol. The van der Waals surface area contributed by atoms with Gasteiger partial charge in [-0.2, -0.15) is 8.42 Å². The van der Waals surface area contributed by atoms with Crippen LogP contribution in [-0.2, 0) is 48.3 Å². The lowest BCUT2D eigenvalue weighted by Gasteiger charge is -2.39. The maximum absolute atomic E-state index is 11.8. The molecule has 0 saturated carbocycles. The van der Waals surface area contributed by atoms with Crippen LogP contribution in [0.2, 0.25) is 0 Å². The summed E-state index contributed by atoms with van der Waals surface area (Å²) < 4.78 is 51.7. The molecule has 2 saturated heterocycles. The number of rotatable bonds is 13. The summed E-state index contributed by atoms with van der Waals surface area (Å²) in [7, 11) is -4.81. The number of nitrogens with zero attached hydrogens (tertiary/aromatic N) is 1. The second-order valence-corrected chi connectivity index (χ2v) is 8.84. The van der Waals surface area contributed by atoms with Crippen LogP contribution in [0.4, 0.5) is 0 Å². The van der Waals surface area contributed by atoms with Crippen LogP contribution in [0.5, 0.6) is 0 Å². The van der Waals surface area contributed by atoms with Gasteiger partial charge in [-0.3, -0.25) is 14.1 Å². The summed E-state index contributed by atoms with van der Waals surface area (Å²) in [4.78, 5) is 39.6. The van der Waals surface area contributed by atoms with Gasteiger partial charge in [-0.1, -0.05) is 0 Å². The minimum absolute atomic E-state index is 0.000681. The van der Waals surface area contributed by atoms with E-state index in [0.29, 0.717) is 0 Å². The van der Waals surface area contributed by atoms with Crippen LogP contribution in [0.25, 0.3) is 0 Å². The van der Waals surface area contributed by atoms with E-state index in [4.69, 9.17) is 28.6 Å². The van der Waals surface area contributed by atoms with Gasteiger partial charge >= 0.3 is 5.97 Å². The van der Waals surface area contributed by atoms with Gasteiger partial charge in [0.2, 0.25) is 0 Å². The highest BCUT2D eigenvalue weighted by molar-refractivity contribution is 7.87. The number of hydrogen-bond donors (Lipinski definition) is 5. The van der Waals surface area contributed by atoms with Crippen molar-refractivity contribution in [2.45, 2.75) is 48.8 Å². The Bertz CT molecular complexity index is 818. The molecule has 0 aromatic rings. The Hall–Kier alpha value is -1.80. The SMILES string of the molecule is O=C(CCOCCOCCO[C@@H]1OC(CO)C(O)C(O)C1O)ON1C(=O)CC(S(=O)(=O)O)C1=O. The average Bonchev–Trinajstić information content (AvgIpc) is 3.06. The topological polar surface area (TPSA) is 236 Å². The number of amides is 2. The lowest BCUT2D eigenvalue weighted by atomic mass is 9.99. The van der Waals surface area contributed by atoms with Crippen LogP contribution in [-0.4, -0.2) is 132 Å². The molecule has 0 aromatic heterocycles. The molecule has 2 aliphatic heterocycles. The molecular weight excluding hydrogens is 490 g/mol. The van der Waals surface area contributed by atoms with Gasteiger partial charge in [0, 0.05) is 0 Å². The molecule has 6 atom stereocenters. The lowest BCUT2D eigenvalue weighted by molar-refractivity contribution is -0.302. The molecule has 2 amide bonds. The predicted octanol–water partition coefficient (Wildman–Crippen LogP) is -4.30. The Morgan fingerprint density at radius 3 is 2.21 bits per heavy atom. The van der Waals surface area contributed by atoms with E-state index in [-0.39, 0.29) is 44.5 Å². The van der Waals surface area contributed by atoms with Crippen molar-refractivity contribution < 1.29 is 71.6 Å². The Morgan fingerprint density at radius 1 is 1.00 bits per heavy atom. The number of aliphatic hydroxyl groups excluding tert-OH is 4. The minimum atomic E-state index is -4.81. The average molecular weight is 517 g/mol. The van der Waals surface area contributed by atoms with Crippen molar-refractivity contribution in [3.05, 3.63) is 0 Å². The second kappa shape index (κ2) is 12.8. The second-order valence-electron chi connectivity index (χ2n) is 7.24. The maximum Gasteiger partial charge on any atom is 0.335 e. The van der Waals surface area contributed by atoms with Crippen molar-refractivity contribution in [1.82, 2.24) is 5.06 Å². The first-order valence-corrected chi connectivity index (χ1v) is 11.6. The van der Waals surface area contributed by atoms with Crippen molar-refractivity contribution in [1.29, 1.82) is 0 Å². The van der Waals surface area contributed by atoms with Crippen molar-refractivity contribution in [3.63, 3.8) is 0 Å². The Labute approximate surface area is 193 Å². The first-order chi connectivity index (χ1) is 16.0. The van der Waals surface area contributed by atoms with Crippen molar-refractivity contribution >= 4 is 27.9 Å². The summed E-state index contributed by atoms with van der Waals surface area (Å²) in [6.07, 6.45) is -8.13. The van der Waals surface area contributed by atoms with Crippen LogP contribution in [0.1, 0.15) is 12.8 Å². The monoisotopic (exact) mass is 517 g/mol. The Balaban J connectivity index is 1.54. The fraction of sp³-hybridized carbons (Fsp3) is 0.824. The van der Waals surface area contributed by atoms with Gasteiger partial charge in [0.05, 0.1) is 52.5 Å². The quantitative estimate of drug-likeness (QED) is 0.0882. The molecule has 196 valence electrons. The number of carbonyl (C=O) groups excluding carboxylic acids is 3. The normalized spacial score (nSPS) is 30.1. The third kappa shape index (κ3) is 7.60. The molecule has 5 N–H and O–H groups in total. The van der Waals surface area contributed by atoms with Gasteiger partial charge in [0.15, 0.2) is 11.5 Å². The lowest BCUT2D eigenvalue weighted by Crippen LogP contribution is -2.59. The van der Waals surface area contributed by atoms with Gasteiger partial charge in [-0.05, 0) is 0 Å². The molecule has 2 heterocycles. The van der Waals surface area contributed by atoms with E-state index in [1.165, 1.54) is 0 Å². The molecule has 0 aromatic carbocycles. The van der Waals surface area contributed by atoms with Crippen LogP contribution in [0, 0.1) is 0 Å². The molecule has 17 heteroatoms. The van der Waals surface area contributed by atoms with Crippen LogP contribution in [0.3, 0.4) is 0 Å². The summed E-state index contributed by atoms with van der Waals surface area (Å²) in [5.41, 5.74) is 0. The van der Waals surface area contributed by atoms with Gasteiger partial charge in [-0.15, -0.1) is 5.06 Å². The smallest absolute Gasteiger partial charge is 0.335 e. The zero-order chi connectivity index (χ0) is 25.5. The van der Waals surface area contributed by atoms with E-state index >= 15 is 0 Å². The van der Waals surface area contributed by atoms with Crippen molar-refractivity contribution in [2.75, 3.05) is 39.6 Å². The standard InChI is InChI=1S/C17H27NO15S/c19-8-9-13(22)14(23)15(24)17(32-9)31-6-5-30-4-3-29-2-1-12(21)33-18-11(20)7-10(16(18)25)34(26,27)28/h9-10,13-15,17,19,22-24H,1-8H2,(H,26,27,28)/t9?,10?,13?,14?,15?,17-/m1/s1. The molecule has 2 rings (SSSR count). The van der Waals surface area contributed by atoms with E-state index in [0.717, 1.165) is 0 Å². The molecule has 16 nitrogen and oxygen atoms in total. The number of hydrogen-bond acceptors (Lipinski definition) is 14. The highest BCUT2D eigenvalue weighted by Gasteiger charge is 2.48. The van der Waals surface area contributed by atoms with Crippen molar-refractivity contribution in [3.8, 4) is 0 Å². The first-order valence-electron chi connectivity index (χ1n) is 10.1. The number of hydroxylamine groups is 2. The van der Waals surface area contributed by atoms with E-state index in [2.05, 4.69) is 4.84 Å². The fourth-order valence-electron chi connectivity index (χ4n) is 2.96. The molecule has 0 spiro atoms. The highest BCUT2D eigenvalue weighted by Crippen LogP contribution is 2.22. The first kappa shape index (κ1) is 28.4. The van der Waals surface area contributed by atoms with Gasteiger partial charge in [-0.25, -0.2) is 4.79 Å². The maximum atomic E-state index is 11.8. The van der Waals surface area contributed by atoms with Gasteiger partial charge < -0.3 is 44.2 Å². The number of aliphatic hydroxyl groups is 4. The largest absolute Gasteiger partial charge is 0.394 e. The summed E-state index contributed by atoms with van der Waals surface area (Å²) in [5.74, 6) is -3.48. The molecule has 2 fully saturated rings. The van der Waals surface area contributed by atoms with Crippen LogP contribution < -0.4 is 0 Å². The van der Waals surface area contributed by atoms with Crippen LogP contribution in [0.15, 0.2) is 0 Å². The fourth-order valence-corrected chi connectivity index (χ4v) is 3.67. The minimum Gasteiger partial charge on any atom is -0.394 e. The summed E-state index contributed by atoms with van der Waals surface area (Å²) >= 11 is 0. The molecule has 2 aliphatic rings. The molecule has 0 bridgehead atoms. The molecule has 0 radical (unpaired) electrons. The third-order valence-electron chi connectivity index (χ3n) is 4.80. The summed E-state index contributed by atoms with van der Waals surface area (Å²) in [5, 5.41) is 36.2. The zero-order valence-electron chi connectivity index (χ0n) is 17.8. The Morgan fingerprint density at radius 2 is 1.62 bits per heavy atom. The molecular formula is C17H27NO15S. The third-order valence-corrected chi connectivity index (χ3v) is 5.88. The van der Waals surface area contributed by atoms with Gasteiger partial charge in [0.1, 0.15) is 24.4 Å². The van der Waals surface area contributed by atoms with E-state index in [1.807, 2.05) is 0 Å². The van der Waals surface area contributed by atoms with Crippen molar-refractivity contribution in [2.24, 2.45) is 0 Å². The molecule has 5 unspecified atom stereocenters.